The highest BCUT2D eigenvalue weighted by Gasteiger charge is 2.38. The van der Waals surface area contributed by atoms with Crippen LogP contribution >= 0.6 is 0 Å². The second-order valence-electron chi connectivity index (χ2n) is 5.56. The van der Waals surface area contributed by atoms with Crippen LogP contribution in [0.15, 0.2) is 30.6 Å². The molecular formula is C15H16N2O2. The van der Waals surface area contributed by atoms with Crippen molar-refractivity contribution < 1.29 is 9.53 Å². The number of fused-ring (bicyclic) bond motifs is 3. The molecule has 0 saturated carbocycles. The third-order valence-electron chi connectivity index (χ3n) is 4.33. The number of rotatable bonds is 2. The van der Waals surface area contributed by atoms with Crippen molar-refractivity contribution in [3.63, 3.8) is 0 Å². The lowest BCUT2D eigenvalue weighted by Crippen LogP contribution is -2.30. The van der Waals surface area contributed by atoms with Crippen molar-refractivity contribution >= 4 is 11.4 Å². The first kappa shape index (κ1) is 11.2. The molecule has 2 fully saturated rings. The summed E-state index contributed by atoms with van der Waals surface area (Å²) < 4.78 is 7.70. The molecule has 2 unspecified atom stereocenters. The summed E-state index contributed by atoms with van der Waals surface area (Å²) in [6.45, 7) is 0. The molecular weight excluding hydrogens is 240 g/mol. The molecule has 4 heterocycles. The zero-order valence-corrected chi connectivity index (χ0v) is 10.7. The molecule has 0 spiro atoms. The quantitative estimate of drug-likeness (QED) is 0.775. The van der Waals surface area contributed by atoms with Gasteiger partial charge >= 0.3 is 0 Å². The van der Waals surface area contributed by atoms with Gasteiger partial charge < -0.3 is 4.74 Å². The maximum absolute atomic E-state index is 12.7. The Morgan fingerprint density at radius 1 is 1.26 bits per heavy atom. The Morgan fingerprint density at radius 2 is 2.05 bits per heavy atom. The van der Waals surface area contributed by atoms with Crippen molar-refractivity contribution in [2.45, 2.75) is 37.9 Å². The Bertz CT molecular complexity index is 622. The average molecular weight is 256 g/mol. The first-order chi connectivity index (χ1) is 9.31. The van der Waals surface area contributed by atoms with Crippen LogP contribution in [0, 0.1) is 5.92 Å². The van der Waals surface area contributed by atoms with Crippen molar-refractivity contribution in [2.75, 3.05) is 0 Å². The molecule has 2 aromatic heterocycles. The maximum Gasteiger partial charge on any atom is 0.184 e. The minimum atomic E-state index is 0.103. The van der Waals surface area contributed by atoms with Crippen LogP contribution in [0.2, 0.25) is 0 Å². The van der Waals surface area contributed by atoms with Crippen LogP contribution in [-0.4, -0.2) is 27.4 Å². The number of Topliss-reactive ketones (excluding diaryl/α,β-unsaturated/α-hetero) is 1. The number of ether oxygens (including phenoxy) is 1. The standard InChI is InChI=1S/C15H16N2O2/c18-15(10-7-11-4-5-12(8-10)19-11)13-9-16-14-3-1-2-6-17(13)14/h1-3,6,9-12H,4-5,7-8H2. The molecule has 2 atom stereocenters. The van der Waals surface area contributed by atoms with Gasteiger partial charge in [0.25, 0.3) is 0 Å². The summed E-state index contributed by atoms with van der Waals surface area (Å²) in [5.74, 6) is 0.324. The SMILES string of the molecule is O=C(c1cnc2ccccn12)C1CC2CCC(C1)O2. The molecule has 0 amide bonds. The van der Waals surface area contributed by atoms with Gasteiger partial charge in [-0.25, -0.2) is 4.98 Å². The fourth-order valence-electron chi connectivity index (χ4n) is 3.40. The second-order valence-corrected chi connectivity index (χ2v) is 5.56. The topological polar surface area (TPSA) is 43.6 Å². The third-order valence-corrected chi connectivity index (χ3v) is 4.33. The molecule has 4 heteroatoms. The van der Waals surface area contributed by atoms with Gasteiger partial charge in [-0.3, -0.25) is 9.20 Å². The highest BCUT2D eigenvalue weighted by Crippen LogP contribution is 2.37. The van der Waals surface area contributed by atoms with Gasteiger partial charge in [0.05, 0.1) is 18.4 Å². The smallest absolute Gasteiger partial charge is 0.184 e. The number of aromatic nitrogens is 2. The van der Waals surface area contributed by atoms with Gasteiger partial charge in [0, 0.05) is 12.1 Å². The molecule has 2 saturated heterocycles. The fraction of sp³-hybridized carbons (Fsp3) is 0.467. The Hall–Kier alpha value is -1.68. The van der Waals surface area contributed by atoms with Crippen LogP contribution in [-0.2, 0) is 4.74 Å². The Balaban J connectivity index is 1.67. The number of imidazole rings is 1. The van der Waals surface area contributed by atoms with Crippen LogP contribution in [0.4, 0.5) is 0 Å². The normalized spacial score (nSPS) is 29.8. The lowest BCUT2D eigenvalue weighted by Gasteiger charge is -2.27. The van der Waals surface area contributed by atoms with E-state index in [0.29, 0.717) is 17.9 Å². The predicted molar refractivity (Wildman–Crippen MR) is 70.1 cm³/mol. The van der Waals surface area contributed by atoms with Crippen LogP contribution in [0.25, 0.3) is 5.65 Å². The first-order valence-corrected chi connectivity index (χ1v) is 6.93. The van der Waals surface area contributed by atoms with E-state index in [2.05, 4.69) is 4.98 Å². The van der Waals surface area contributed by atoms with Crippen molar-refractivity contribution in [1.82, 2.24) is 9.38 Å². The van der Waals surface area contributed by atoms with Gasteiger partial charge in [0.1, 0.15) is 11.3 Å². The summed E-state index contributed by atoms with van der Waals surface area (Å²) in [6.07, 6.45) is 8.17. The van der Waals surface area contributed by atoms with Crippen LogP contribution < -0.4 is 0 Å². The van der Waals surface area contributed by atoms with Crippen molar-refractivity contribution in [1.29, 1.82) is 0 Å². The number of hydrogen-bond donors (Lipinski definition) is 0. The van der Waals surface area contributed by atoms with E-state index >= 15 is 0 Å². The zero-order chi connectivity index (χ0) is 12.8. The molecule has 98 valence electrons. The molecule has 0 aromatic carbocycles. The molecule has 4 nitrogen and oxygen atoms in total. The highest BCUT2D eigenvalue weighted by atomic mass is 16.5. The number of carbonyl (C=O) groups excluding carboxylic acids is 1. The molecule has 2 aromatic rings. The van der Waals surface area contributed by atoms with Gasteiger partial charge in [0.2, 0.25) is 0 Å². The van der Waals surface area contributed by atoms with E-state index in [0.717, 1.165) is 31.3 Å². The number of nitrogens with zero attached hydrogens (tertiary/aromatic N) is 2. The van der Waals surface area contributed by atoms with Crippen molar-refractivity contribution in [3.8, 4) is 0 Å². The molecule has 0 aliphatic carbocycles. The van der Waals surface area contributed by atoms with E-state index in [9.17, 15) is 4.79 Å². The van der Waals surface area contributed by atoms with Gasteiger partial charge in [0.15, 0.2) is 5.78 Å². The van der Waals surface area contributed by atoms with E-state index in [-0.39, 0.29) is 11.7 Å². The van der Waals surface area contributed by atoms with E-state index < -0.39 is 0 Å². The Morgan fingerprint density at radius 3 is 2.84 bits per heavy atom. The zero-order valence-electron chi connectivity index (χ0n) is 10.7. The predicted octanol–water partition coefficient (Wildman–Crippen LogP) is 2.47. The molecule has 0 N–H and O–H groups in total. The summed E-state index contributed by atoms with van der Waals surface area (Å²) in [5, 5.41) is 0. The van der Waals surface area contributed by atoms with Crippen LogP contribution in [0.5, 0.6) is 0 Å². The molecule has 0 radical (unpaired) electrons. The van der Waals surface area contributed by atoms with E-state index in [1.165, 1.54) is 0 Å². The number of ketones is 1. The van der Waals surface area contributed by atoms with Crippen molar-refractivity contribution in [3.05, 3.63) is 36.3 Å². The summed E-state index contributed by atoms with van der Waals surface area (Å²) in [4.78, 5) is 17.0. The van der Waals surface area contributed by atoms with Crippen LogP contribution in [0.1, 0.15) is 36.2 Å². The maximum atomic E-state index is 12.7. The Labute approximate surface area is 111 Å². The van der Waals surface area contributed by atoms with Gasteiger partial charge in [-0.2, -0.15) is 0 Å². The van der Waals surface area contributed by atoms with E-state index in [1.54, 1.807) is 6.20 Å². The van der Waals surface area contributed by atoms with Gasteiger partial charge in [-0.1, -0.05) is 6.07 Å². The van der Waals surface area contributed by atoms with Crippen LogP contribution in [0.3, 0.4) is 0 Å². The number of pyridine rings is 1. The molecule has 2 aliphatic heterocycles. The number of carbonyl (C=O) groups is 1. The summed E-state index contributed by atoms with van der Waals surface area (Å²) in [6, 6.07) is 5.79. The summed E-state index contributed by atoms with van der Waals surface area (Å²) in [5.41, 5.74) is 1.54. The summed E-state index contributed by atoms with van der Waals surface area (Å²) >= 11 is 0. The highest BCUT2D eigenvalue weighted by molar-refractivity contribution is 5.97. The van der Waals surface area contributed by atoms with Gasteiger partial charge in [-0.15, -0.1) is 0 Å². The Kier molecular flexibility index (Phi) is 2.45. The minimum absolute atomic E-state index is 0.103. The largest absolute Gasteiger partial charge is 0.375 e. The van der Waals surface area contributed by atoms with E-state index in [1.807, 2.05) is 28.8 Å². The third kappa shape index (κ3) is 1.78. The minimum Gasteiger partial charge on any atom is -0.375 e. The molecule has 19 heavy (non-hydrogen) atoms. The van der Waals surface area contributed by atoms with E-state index in [4.69, 9.17) is 4.74 Å². The summed E-state index contributed by atoms with van der Waals surface area (Å²) in [7, 11) is 0. The monoisotopic (exact) mass is 256 g/mol. The lowest BCUT2D eigenvalue weighted by atomic mass is 9.90. The first-order valence-electron chi connectivity index (χ1n) is 6.93. The van der Waals surface area contributed by atoms with Crippen molar-refractivity contribution in [2.24, 2.45) is 5.92 Å². The molecule has 4 rings (SSSR count). The number of hydrogen-bond acceptors (Lipinski definition) is 3. The molecule has 2 bridgehead atoms. The molecule has 2 aliphatic rings. The second kappa shape index (κ2) is 4.17. The average Bonchev–Trinajstić information content (AvgIpc) is 3.01. The lowest BCUT2D eigenvalue weighted by molar-refractivity contribution is -0.0150. The fourth-order valence-corrected chi connectivity index (χ4v) is 3.40. The van der Waals surface area contributed by atoms with Gasteiger partial charge in [-0.05, 0) is 37.8 Å².